The van der Waals surface area contributed by atoms with Gasteiger partial charge in [-0.3, -0.25) is 4.79 Å². The molecule has 2 atom stereocenters. The minimum atomic E-state index is 0.0711. The third-order valence-electron chi connectivity index (χ3n) is 4.08. The van der Waals surface area contributed by atoms with Gasteiger partial charge in [0.15, 0.2) is 0 Å². The Balaban J connectivity index is 2.01. The summed E-state index contributed by atoms with van der Waals surface area (Å²) in [7, 11) is 3.34. The molecule has 0 radical (unpaired) electrons. The van der Waals surface area contributed by atoms with Crippen LogP contribution in [0.1, 0.15) is 18.4 Å². The molecule has 2 rings (SSSR count). The van der Waals surface area contributed by atoms with Crippen LogP contribution in [0.4, 0.5) is 0 Å². The van der Waals surface area contributed by atoms with Gasteiger partial charge in [0, 0.05) is 26.2 Å². The number of amides is 1. The number of piperidine rings is 1. The maximum absolute atomic E-state index is 12.5. The zero-order chi connectivity index (χ0) is 15.2. The second-order valence-electron chi connectivity index (χ2n) is 5.39. The SMILES string of the molecule is COc1cccc(CC(=O)N2CCC(OC)CC2CN)c1. The predicted octanol–water partition coefficient (Wildman–Crippen LogP) is 1.20. The van der Waals surface area contributed by atoms with Gasteiger partial charge in [-0.2, -0.15) is 0 Å². The summed E-state index contributed by atoms with van der Waals surface area (Å²) in [5.41, 5.74) is 6.78. The number of nitrogens with zero attached hydrogens (tertiary/aromatic N) is 1. The van der Waals surface area contributed by atoms with Crippen molar-refractivity contribution in [2.75, 3.05) is 27.3 Å². The molecule has 116 valence electrons. The number of rotatable bonds is 5. The van der Waals surface area contributed by atoms with Gasteiger partial charge in [-0.25, -0.2) is 0 Å². The van der Waals surface area contributed by atoms with Crippen LogP contribution in [0.5, 0.6) is 5.75 Å². The first kappa shape index (κ1) is 15.8. The fraction of sp³-hybridized carbons (Fsp3) is 0.562. The summed E-state index contributed by atoms with van der Waals surface area (Å²) < 4.78 is 10.6. The number of ether oxygens (including phenoxy) is 2. The largest absolute Gasteiger partial charge is 0.497 e. The number of hydrogen-bond acceptors (Lipinski definition) is 4. The summed E-state index contributed by atoms with van der Waals surface area (Å²) in [6, 6.07) is 7.69. The molecule has 0 bridgehead atoms. The van der Waals surface area contributed by atoms with Gasteiger partial charge in [-0.05, 0) is 30.5 Å². The second-order valence-corrected chi connectivity index (χ2v) is 5.39. The number of hydrogen-bond donors (Lipinski definition) is 1. The Morgan fingerprint density at radius 1 is 1.43 bits per heavy atom. The number of nitrogens with two attached hydrogens (primary N) is 1. The molecule has 5 nitrogen and oxygen atoms in total. The van der Waals surface area contributed by atoms with Gasteiger partial charge >= 0.3 is 0 Å². The highest BCUT2D eigenvalue weighted by Crippen LogP contribution is 2.21. The van der Waals surface area contributed by atoms with E-state index in [1.54, 1.807) is 14.2 Å². The van der Waals surface area contributed by atoms with Crippen molar-refractivity contribution in [2.24, 2.45) is 5.73 Å². The molecule has 0 spiro atoms. The number of methoxy groups -OCH3 is 2. The van der Waals surface area contributed by atoms with Gasteiger partial charge in [0.2, 0.25) is 5.91 Å². The Morgan fingerprint density at radius 2 is 2.24 bits per heavy atom. The Hall–Kier alpha value is -1.59. The molecule has 2 N–H and O–H groups in total. The second kappa shape index (κ2) is 7.43. The highest BCUT2D eigenvalue weighted by atomic mass is 16.5. The highest BCUT2D eigenvalue weighted by Gasteiger charge is 2.30. The van der Waals surface area contributed by atoms with Crippen LogP contribution in [0.3, 0.4) is 0 Å². The molecule has 1 heterocycles. The third kappa shape index (κ3) is 3.95. The van der Waals surface area contributed by atoms with Crippen molar-refractivity contribution >= 4 is 5.91 Å². The first-order chi connectivity index (χ1) is 10.2. The van der Waals surface area contributed by atoms with Crippen LogP contribution in [0.15, 0.2) is 24.3 Å². The van der Waals surface area contributed by atoms with Gasteiger partial charge in [-0.15, -0.1) is 0 Å². The summed E-state index contributed by atoms with van der Waals surface area (Å²) in [5.74, 6) is 0.891. The smallest absolute Gasteiger partial charge is 0.227 e. The van der Waals surface area contributed by atoms with E-state index in [1.165, 1.54) is 0 Å². The van der Waals surface area contributed by atoms with Crippen LogP contribution in [-0.2, 0) is 16.0 Å². The predicted molar refractivity (Wildman–Crippen MR) is 81.3 cm³/mol. The molecule has 1 amide bonds. The highest BCUT2D eigenvalue weighted by molar-refractivity contribution is 5.79. The number of benzene rings is 1. The van der Waals surface area contributed by atoms with Crippen LogP contribution in [0.2, 0.25) is 0 Å². The fourth-order valence-electron chi connectivity index (χ4n) is 2.84. The van der Waals surface area contributed by atoms with Crippen LogP contribution in [0.25, 0.3) is 0 Å². The molecule has 1 aromatic rings. The lowest BCUT2D eigenvalue weighted by Gasteiger charge is -2.38. The molecular formula is C16H24N2O3. The van der Waals surface area contributed by atoms with E-state index < -0.39 is 0 Å². The Labute approximate surface area is 126 Å². The summed E-state index contributed by atoms with van der Waals surface area (Å²) >= 11 is 0. The van der Waals surface area contributed by atoms with Crippen LogP contribution in [-0.4, -0.2) is 50.3 Å². The fourth-order valence-corrected chi connectivity index (χ4v) is 2.84. The Kier molecular flexibility index (Phi) is 5.59. The molecule has 1 aromatic carbocycles. The average Bonchev–Trinajstić information content (AvgIpc) is 2.54. The zero-order valence-corrected chi connectivity index (χ0v) is 12.7. The molecule has 1 fully saturated rings. The molecule has 1 saturated heterocycles. The average molecular weight is 292 g/mol. The summed E-state index contributed by atoms with van der Waals surface area (Å²) in [4.78, 5) is 14.4. The van der Waals surface area contributed by atoms with E-state index in [9.17, 15) is 4.79 Å². The first-order valence-electron chi connectivity index (χ1n) is 7.33. The van der Waals surface area contributed by atoms with Crippen molar-refractivity contribution in [3.8, 4) is 5.75 Å². The van der Waals surface area contributed by atoms with E-state index in [1.807, 2.05) is 29.2 Å². The molecule has 0 saturated carbocycles. The van der Waals surface area contributed by atoms with Crippen LogP contribution >= 0.6 is 0 Å². The van der Waals surface area contributed by atoms with Gasteiger partial charge < -0.3 is 20.1 Å². The zero-order valence-electron chi connectivity index (χ0n) is 12.7. The number of carbonyl (C=O) groups is 1. The third-order valence-corrected chi connectivity index (χ3v) is 4.08. The lowest BCUT2D eigenvalue weighted by Crippen LogP contribution is -2.51. The molecular weight excluding hydrogens is 268 g/mol. The summed E-state index contributed by atoms with van der Waals surface area (Å²) in [5, 5.41) is 0. The van der Waals surface area contributed by atoms with E-state index >= 15 is 0 Å². The minimum Gasteiger partial charge on any atom is -0.497 e. The van der Waals surface area contributed by atoms with E-state index in [-0.39, 0.29) is 18.1 Å². The lowest BCUT2D eigenvalue weighted by atomic mass is 9.98. The molecule has 2 unspecified atom stereocenters. The van der Waals surface area contributed by atoms with Crippen molar-refractivity contribution in [1.82, 2.24) is 4.90 Å². The minimum absolute atomic E-state index is 0.0711. The van der Waals surface area contributed by atoms with E-state index in [4.69, 9.17) is 15.2 Å². The van der Waals surface area contributed by atoms with Crippen molar-refractivity contribution in [2.45, 2.75) is 31.4 Å². The van der Waals surface area contributed by atoms with Gasteiger partial charge in [0.05, 0.1) is 19.6 Å². The van der Waals surface area contributed by atoms with Crippen molar-refractivity contribution < 1.29 is 14.3 Å². The normalized spacial score (nSPS) is 22.1. The standard InChI is InChI=1S/C16H24N2O3/c1-20-14-5-3-4-12(8-14)9-16(19)18-7-6-15(21-2)10-13(18)11-17/h3-5,8,13,15H,6-7,9-11,17H2,1-2H3. The molecule has 1 aliphatic heterocycles. The number of carbonyl (C=O) groups excluding carboxylic acids is 1. The van der Waals surface area contributed by atoms with Gasteiger partial charge in [0.25, 0.3) is 0 Å². The van der Waals surface area contributed by atoms with Gasteiger partial charge in [0.1, 0.15) is 5.75 Å². The number of likely N-dealkylation sites (tertiary alicyclic amines) is 1. The molecule has 1 aliphatic rings. The maximum atomic E-state index is 12.5. The van der Waals surface area contributed by atoms with Crippen LogP contribution in [0, 0.1) is 0 Å². The van der Waals surface area contributed by atoms with E-state index in [2.05, 4.69) is 0 Å². The van der Waals surface area contributed by atoms with Crippen molar-refractivity contribution in [3.05, 3.63) is 29.8 Å². The summed E-state index contributed by atoms with van der Waals surface area (Å²) in [6.07, 6.45) is 2.28. The molecule has 0 aliphatic carbocycles. The van der Waals surface area contributed by atoms with Crippen LogP contribution < -0.4 is 10.5 Å². The molecule has 0 aromatic heterocycles. The topological polar surface area (TPSA) is 64.8 Å². The monoisotopic (exact) mass is 292 g/mol. The quantitative estimate of drug-likeness (QED) is 0.886. The van der Waals surface area contributed by atoms with E-state index in [0.29, 0.717) is 19.5 Å². The Morgan fingerprint density at radius 3 is 2.90 bits per heavy atom. The molecule has 5 heteroatoms. The first-order valence-corrected chi connectivity index (χ1v) is 7.33. The Bertz CT molecular complexity index is 478. The van der Waals surface area contributed by atoms with E-state index in [0.717, 1.165) is 24.2 Å². The maximum Gasteiger partial charge on any atom is 0.227 e. The van der Waals surface area contributed by atoms with Gasteiger partial charge in [-0.1, -0.05) is 12.1 Å². The van der Waals surface area contributed by atoms with Crippen molar-refractivity contribution in [3.63, 3.8) is 0 Å². The molecule has 21 heavy (non-hydrogen) atoms. The van der Waals surface area contributed by atoms with Crippen molar-refractivity contribution in [1.29, 1.82) is 0 Å². The summed E-state index contributed by atoms with van der Waals surface area (Å²) in [6.45, 7) is 1.19. The lowest BCUT2D eigenvalue weighted by molar-refractivity contribution is -0.136.